The first kappa shape index (κ1) is 32.0. The van der Waals surface area contributed by atoms with Crippen molar-refractivity contribution in [2.24, 2.45) is 0 Å². The molecule has 10 aromatic rings. The van der Waals surface area contributed by atoms with Gasteiger partial charge in [0, 0.05) is 61.1 Å². The van der Waals surface area contributed by atoms with Crippen LogP contribution in [0.3, 0.4) is 0 Å². The lowest BCUT2D eigenvalue weighted by molar-refractivity contribution is 0.687. The fourth-order valence-corrected chi connectivity index (χ4v) is 8.86. The highest BCUT2D eigenvalue weighted by atomic mass is 32.2. The summed E-state index contributed by atoms with van der Waals surface area (Å²) < 4.78 is 17.4. The molecule has 5 heteroatoms. The van der Waals surface area contributed by atoms with Crippen molar-refractivity contribution in [3.8, 4) is 22.5 Å². The third-order valence-electron chi connectivity index (χ3n) is 10.5. The minimum absolute atomic E-state index is 0.841. The van der Waals surface area contributed by atoms with Crippen LogP contribution in [0.15, 0.2) is 199 Å². The summed E-state index contributed by atoms with van der Waals surface area (Å²) in [5.41, 5.74) is 12.1. The van der Waals surface area contributed by atoms with Gasteiger partial charge >= 0.3 is 0 Å². The van der Waals surface area contributed by atoms with Crippen molar-refractivity contribution < 1.29 is 4.21 Å². The largest absolute Gasteiger partial charge is 0.311 e. The lowest BCUT2D eigenvalue weighted by Crippen LogP contribution is -2.10. The molecule has 0 saturated heterocycles. The first-order chi connectivity index (χ1) is 26.6. The van der Waals surface area contributed by atoms with Gasteiger partial charge in [0.25, 0.3) is 0 Å². The van der Waals surface area contributed by atoms with E-state index in [1.165, 1.54) is 32.6 Å². The molecule has 2 heterocycles. The molecule has 2 aromatic heterocycles. The number of nitrogens with zero attached hydrogens (tertiary/aromatic N) is 3. The van der Waals surface area contributed by atoms with Crippen LogP contribution >= 0.6 is 0 Å². The first-order valence-corrected chi connectivity index (χ1v) is 19.7. The Morgan fingerprint density at radius 2 is 0.833 bits per heavy atom. The average molecular weight is 714 g/mol. The normalized spacial score (nSPS) is 12.2. The van der Waals surface area contributed by atoms with Gasteiger partial charge in [-0.25, -0.2) is 0 Å². The van der Waals surface area contributed by atoms with Crippen LogP contribution in [0.5, 0.6) is 0 Å². The SMILES string of the molecule is CS(=O)c1ccccc1-c1ccc2c3ccccc3n(-c3ccc(N(c4ccccc4)c4ccc(-n5c6ccccc6c6ccccc65)cc4)cc3)c2c1. The smallest absolute Gasteiger partial charge is 0.0547 e. The van der Waals surface area contributed by atoms with Crippen molar-refractivity contribution >= 4 is 71.5 Å². The van der Waals surface area contributed by atoms with E-state index in [0.717, 1.165) is 55.5 Å². The molecule has 0 radical (unpaired) electrons. The summed E-state index contributed by atoms with van der Waals surface area (Å²) >= 11 is 0. The Kier molecular flexibility index (Phi) is 7.74. The van der Waals surface area contributed by atoms with E-state index >= 15 is 0 Å². The summed E-state index contributed by atoms with van der Waals surface area (Å²) in [6.45, 7) is 0. The molecule has 1 unspecified atom stereocenters. The molecule has 1 atom stereocenters. The maximum atomic E-state index is 12.7. The Bertz CT molecular complexity index is 2960. The number of anilines is 3. The molecular weight excluding hydrogens is 679 g/mol. The molecule has 10 rings (SSSR count). The van der Waals surface area contributed by atoms with Gasteiger partial charge in [-0.3, -0.25) is 4.21 Å². The van der Waals surface area contributed by atoms with Gasteiger partial charge in [-0.15, -0.1) is 0 Å². The Morgan fingerprint density at radius 3 is 1.37 bits per heavy atom. The van der Waals surface area contributed by atoms with Crippen LogP contribution in [0.4, 0.5) is 17.1 Å². The van der Waals surface area contributed by atoms with Gasteiger partial charge in [-0.2, -0.15) is 0 Å². The maximum absolute atomic E-state index is 12.7. The van der Waals surface area contributed by atoms with Crippen LogP contribution in [0.25, 0.3) is 66.1 Å². The van der Waals surface area contributed by atoms with Gasteiger partial charge in [-0.1, -0.05) is 103 Å². The van der Waals surface area contributed by atoms with Gasteiger partial charge in [0.1, 0.15) is 0 Å². The van der Waals surface area contributed by atoms with E-state index in [4.69, 9.17) is 0 Å². The van der Waals surface area contributed by atoms with Crippen molar-refractivity contribution in [3.05, 3.63) is 194 Å². The van der Waals surface area contributed by atoms with Crippen LogP contribution in [-0.4, -0.2) is 19.6 Å². The second kappa shape index (κ2) is 13.1. The summed E-state index contributed by atoms with van der Waals surface area (Å²) in [6.07, 6.45) is 1.74. The fraction of sp³-hybridized carbons (Fsp3) is 0.0204. The zero-order chi connectivity index (χ0) is 36.2. The van der Waals surface area contributed by atoms with Crippen LogP contribution in [0.1, 0.15) is 0 Å². The fourth-order valence-electron chi connectivity index (χ4n) is 8.10. The van der Waals surface area contributed by atoms with Crippen molar-refractivity contribution in [1.82, 2.24) is 9.13 Å². The predicted molar refractivity (Wildman–Crippen MR) is 228 cm³/mol. The number of fused-ring (bicyclic) bond motifs is 6. The van der Waals surface area contributed by atoms with E-state index in [-0.39, 0.29) is 0 Å². The summed E-state index contributed by atoms with van der Waals surface area (Å²) in [7, 11) is -1.10. The van der Waals surface area contributed by atoms with E-state index in [1.807, 2.05) is 18.2 Å². The van der Waals surface area contributed by atoms with Crippen LogP contribution in [-0.2, 0) is 10.8 Å². The Morgan fingerprint density at radius 1 is 0.407 bits per heavy atom. The minimum atomic E-state index is -1.10. The van der Waals surface area contributed by atoms with E-state index in [1.54, 1.807) is 6.26 Å². The lowest BCUT2D eigenvalue weighted by atomic mass is 10.0. The minimum Gasteiger partial charge on any atom is -0.311 e. The number of rotatable bonds is 7. The predicted octanol–water partition coefficient (Wildman–Crippen LogP) is 12.8. The second-order valence-corrected chi connectivity index (χ2v) is 15.0. The van der Waals surface area contributed by atoms with E-state index in [9.17, 15) is 4.21 Å². The van der Waals surface area contributed by atoms with E-state index < -0.39 is 10.8 Å². The van der Waals surface area contributed by atoms with Gasteiger partial charge in [0.2, 0.25) is 0 Å². The molecule has 0 aliphatic heterocycles. The topological polar surface area (TPSA) is 30.2 Å². The van der Waals surface area contributed by atoms with Crippen molar-refractivity contribution in [3.63, 3.8) is 0 Å². The molecule has 0 bridgehead atoms. The molecule has 258 valence electrons. The lowest BCUT2D eigenvalue weighted by Gasteiger charge is -2.26. The van der Waals surface area contributed by atoms with Gasteiger partial charge in [-0.05, 0) is 102 Å². The number of hydrogen-bond acceptors (Lipinski definition) is 2. The molecule has 0 spiro atoms. The molecule has 0 amide bonds. The van der Waals surface area contributed by atoms with E-state index in [2.05, 4.69) is 190 Å². The third kappa shape index (κ3) is 5.24. The Labute approximate surface area is 316 Å². The monoisotopic (exact) mass is 713 g/mol. The number of para-hydroxylation sites is 4. The van der Waals surface area contributed by atoms with Gasteiger partial charge < -0.3 is 14.0 Å². The highest BCUT2D eigenvalue weighted by Gasteiger charge is 2.18. The third-order valence-corrected chi connectivity index (χ3v) is 11.5. The summed E-state index contributed by atoms with van der Waals surface area (Å²) in [5.74, 6) is 0. The molecule has 0 fully saturated rings. The van der Waals surface area contributed by atoms with Crippen LogP contribution in [0, 0.1) is 0 Å². The molecule has 0 N–H and O–H groups in total. The van der Waals surface area contributed by atoms with Crippen molar-refractivity contribution in [2.75, 3.05) is 11.2 Å². The maximum Gasteiger partial charge on any atom is 0.0547 e. The molecule has 0 aliphatic carbocycles. The Hall–Kier alpha value is -6.69. The van der Waals surface area contributed by atoms with Gasteiger partial charge in [0.05, 0.1) is 32.9 Å². The molecule has 8 aromatic carbocycles. The molecule has 54 heavy (non-hydrogen) atoms. The standard InChI is InChI=1S/C49H35N3OS/c1-54(53)49-22-12-8-15-40(49)34-23-32-44-43-18-7-11-21-47(43)52(48(44)33-34)39-30-26-37(27-31-39)50(35-13-3-2-4-14-35)36-24-28-38(29-25-36)51-45-19-9-5-16-41(45)42-17-6-10-20-46(42)51/h2-33H,1H3. The second-order valence-electron chi connectivity index (χ2n) is 13.6. The average Bonchev–Trinajstić information content (AvgIpc) is 3.75. The van der Waals surface area contributed by atoms with Crippen molar-refractivity contribution in [1.29, 1.82) is 0 Å². The number of aromatic nitrogens is 2. The highest BCUT2D eigenvalue weighted by molar-refractivity contribution is 7.84. The quantitative estimate of drug-likeness (QED) is 0.165. The molecule has 4 nitrogen and oxygen atoms in total. The first-order valence-electron chi connectivity index (χ1n) is 18.1. The Balaban J connectivity index is 1.08. The number of hydrogen-bond donors (Lipinski definition) is 0. The summed E-state index contributed by atoms with van der Waals surface area (Å²) in [5, 5.41) is 4.89. The summed E-state index contributed by atoms with van der Waals surface area (Å²) in [4.78, 5) is 3.15. The van der Waals surface area contributed by atoms with E-state index in [0.29, 0.717) is 0 Å². The highest BCUT2D eigenvalue weighted by Crippen LogP contribution is 2.39. The molecular formula is C49H35N3OS. The van der Waals surface area contributed by atoms with Crippen LogP contribution < -0.4 is 4.90 Å². The molecule has 0 aliphatic rings. The molecule has 0 saturated carbocycles. The van der Waals surface area contributed by atoms with Crippen molar-refractivity contribution in [2.45, 2.75) is 4.90 Å². The zero-order valence-electron chi connectivity index (χ0n) is 29.6. The zero-order valence-corrected chi connectivity index (χ0v) is 30.4. The van der Waals surface area contributed by atoms with Crippen LogP contribution in [0.2, 0.25) is 0 Å². The van der Waals surface area contributed by atoms with Gasteiger partial charge in [0.15, 0.2) is 0 Å². The number of benzene rings is 8. The summed E-state index contributed by atoms with van der Waals surface area (Å²) in [6, 6.07) is 68.7.